The Morgan fingerprint density at radius 2 is 2.15 bits per heavy atom. The van der Waals surface area contributed by atoms with Crippen LogP contribution < -0.4 is 5.32 Å². The van der Waals surface area contributed by atoms with Crippen molar-refractivity contribution in [2.75, 3.05) is 19.6 Å². The van der Waals surface area contributed by atoms with Crippen LogP contribution in [0, 0.1) is 11.8 Å². The fraction of sp³-hybridized carbons (Fsp3) is 0.733. The second-order valence-corrected chi connectivity index (χ2v) is 6.03. The van der Waals surface area contributed by atoms with Gasteiger partial charge >= 0.3 is 12.0 Å². The lowest BCUT2D eigenvalue weighted by molar-refractivity contribution is -0.138. The molecular weight excluding hydrogens is 256 g/mol. The molecule has 0 fully saturated rings. The molecule has 0 unspecified atom stereocenters. The van der Waals surface area contributed by atoms with Crippen LogP contribution in [0.2, 0.25) is 0 Å². The van der Waals surface area contributed by atoms with Crippen LogP contribution in [0.1, 0.15) is 40.0 Å². The number of amides is 2. The summed E-state index contributed by atoms with van der Waals surface area (Å²) in [4.78, 5) is 24.6. The van der Waals surface area contributed by atoms with E-state index < -0.39 is 5.97 Å². The van der Waals surface area contributed by atoms with Crippen LogP contribution in [0.5, 0.6) is 0 Å². The molecular formula is C15H26N2O3. The Morgan fingerprint density at radius 1 is 1.45 bits per heavy atom. The van der Waals surface area contributed by atoms with Crippen molar-refractivity contribution in [3.05, 3.63) is 11.6 Å². The third-order valence-electron chi connectivity index (χ3n) is 3.53. The van der Waals surface area contributed by atoms with Gasteiger partial charge in [-0.15, -0.1) is 0 Å². The highest BCUT2D eigenvalue weighted by molar-refractivity contribution is 5.74. The maximum absolute atomic E-state index is 12.0. The quantitative estimate of drug-likeness (QED) is 0.735. The van der Waals surface area contributed by atoms with Crippen molar-refractivity contribution in [3.8, 4) is 0 Å². The van der Waals surface area contributed by atoms with Crippen molar-refractivity contribution in [1.82, 2.24) is 10.2 Å². The van der Waals surface area contributed by atoms with Crippen molar-refractivity contribution in [1.29, 1.82) is 0 Å². The summed E-state index contributed by atoms with van der Waals surface area (Å²) < 4.78 is 0. The maximum Gasteiger partial charge on any atom is 0.317 e. The van der Waals surface area contributed by atoms with E-state index in [0.717, 1.165) is 19.4 Å². The molecule has 1 atom stereocenters. The van der Waals surface area contributed by atoms with Gasteiger partial charge in [-0.2, -0.15) is 0 Å². The van der Waals surface area contributed by atoms with Crippen LogP contribution >= 0.6 is 0 Å². The average Bonchev–Trinajstić information content (AvgIpc) is 2.35. The van der Waals surface area contributed by atoms with Gasteiger partial charge in [-0.05, 0) is 31.6 Å². The Bertz CT molecular complexity index is 377. The molecule has 0 aliphatic carbocycles. The standard InChI is InChI=1S/C15H26N2O3/c1-11(2)8-13(9-14(18)19)10-16-15(20)17-6-4-12(3)5-7-17/h4,11,13H,5-10H2,1-3H3,(H,16,20)(H,18,19)/t13-/m0/s1. The first-order valence-corrected chi connectivity index (χ1v) is 7.28. The van der Waals surface area contributed by atoms with E-state index >= 15 is 0 Å². The lowest BCUT2D eigenvalue weighted by atomic mass is 9.94. The fourth-order valence-corrected chi connectivity index (χ4v) is 2.45. The molecule has 0 bridgehead atoms. The molecule has 0 saturated heterocycles. The van der Waals surface area contributed by atoms with Crippen LogP contribution in [0.3, 0.4) is 0 Å². The number of carboxylic acids is 1. The Kier molecular flexibility index (Phi) is 6.55. The van der Waals surface area contributed by atoms with E-state index in [0.29, 0.717) is 19.0 Å². The summed E-state index contributed by atoms with van der Waals surface area (Å²) in [6, 6.07) is -0.0899. The van der Waals surface area contributed by atoms with Crippen LogP contribution in [0.4, 0.5) is 4.79 Å². The molecule has 1 rings (SSSR count). The van der Waals surface area contributed by atoms with E-state index in [9.17, 15) is 9.59 Å². The summed E-state index contributed by atoms with van der Waals surface area (Å²) in [6.45, 7) is 8.01. The largest absolute Gasteiger partial charge is 0.481 e. The van der Waals surface area contributed by atoms with Gasteiger partial charge in [-0.3, -0.25) is 4.79 Å². The smallest absolute Gasteiger partial charge is 0.317 e. The van der Waals surface area contributed by atoms with E-state index in [1.165, 1.54) is 5.57 Å². The molecule has 1 heterocycles. The molecule has 0 aromatic heterocycles. The van der Waals surface area contributed by atoms with E-state index in [4.69, 9.17) is 5.11 Å². The first-order chi connectivity index (χ1) is 9.38. The van der Waals surface area contributed by atoms with Gasteiger partial charge in [0.1, 0.15) is 0 Å². The second-order valence-electron chi connectivity index (χ2n) is 6.03. The molecule has 20 heavy (non-hydrogen) atoms. The number of carbonyl (C=O) groups excluding carboxylic acids is 1. The lowest BCUT2D eigenvalue weighted by Gasteiger charge is -2.27. The number of nitrogens with one attached hydrogen (secondary N) is 1. The van der Waals surface area contributed by atoms with Gasteiger partial charge in [0.15, 0.2) is 0 Å². The molecule has 114 valence electrons. The Hall–Kier alpha value is -1.52. The predicted molar refractivity (Wildman–Crippen MR) is 78.5 cm³/mol. The van der Waals surface area contributed by atoms with E-state index in [1.807, 2.05) is 0 Å². The average molecular weight is 282 g/mol. The number of hydrogen-bond donors (Lipinski definition) is 2. The minimum absolute atomic E-state index is 0.00137. The topological polar surface area (TPSA) is 69.6 Å². The van der Waals surface area contributed by atoms with E-state index in [2.05, 4.69) is 32.2 Å². The molecule has 1 aliphatic rings. The SMILES string of the molecule is CC1=CCN(C(=O)NC[C@H](CC(=O)O)CC(C)C)CC1. The summed E-state index contributed by atoms with van der Waals surface area (Å²) in [5.41, 5.74) is 1.32. The molecule has 1 aliphatic heterocycles. The normalized spacial score (nSPS) is 16.8. The zero-order valence-electron chi connectivity index (χ0n) is 12.7. The highest BCUT2D eigenvalue weighted by Gasteiger charge is 2.19. The van der Waals surface area contributed by atoms with Gasteiger partial charge in [0.05, 0.1) is 0 Å². The van der Waals surface area contributed by atoms with Crippen molar-refractivity contribution in [2.45, 2.75) is 40.0 Å². The van der Waals surface area contributed by atoms with Crippen molar-refractivity contribution in [3.63, 3.8) is 0 Å². The van der Waals surface area contributed by atoms with Crippen LogP contribution in [-0.4, -0.2) is 41.6 Å². The minimum Gasteiger partial charge on any atom is -0.481 e. The molecule has 0 saturated carbocycles. The molecule has 0 spiro atoms. The number of urea groups is 1. The Morgan fingerprint density at radius 3 is 2.65 bits per heavy atom. The van der Waals surface area contributed by atoms with Crippen molar-refractivity contribution >= 4 is 12.0 Å². The fourth-order valence-electron chi connectivity index (χ4n) is 2.45. The summed E-state index contributed by atoms with van der Waals surface area (Å²) in [5.74, 6) is -0.378. The summed E-state index contributed by atoms with van der Waals surface area (Å²) in [6.07, 6.45) is 3.90. The Balaban J connectivity index is 2.41. The molecule has 2 amide bonds. The zero-order valence-corrected chi connectivity index (χ0v) is 12.7. The molecule has 2 N–H and O–H groups in total. The van der Waals surface area contributed by atoms with Crippen LogP contribution in [0.15, 0.2) is 11.6 Å². The van der Waals surface area contributed by atoms with Gasteiger partial charge in [0.25, 0.3) is 0 Å². The van der Waals surface area contributed by atoms with Crippen molar-refractivity contribution in [2.24, 2.45) is 11.8 Å². The monoisotopic (exact) mass is 282 g/mol. The number of aliphatic carboxylic acids is 1. The highest BCUT2D eigenvalue weighted by Crippen LogP contribution is 2.15. The predicted octanol–water partition coefficient (Wildman–Crippen LogP) is 2.49. The first kappa shape index (κ1) is 16.5. The highest BCUT2D eigenvalue weighted by atomic mass is 16.4. The minimum atomic E-state index is -0.804. The second kappa shape index (κ2) is 7.92. The van der Waals surface area contributed by atoms with Crippen LogP contribution in [-0.2, 0) is 4.79 Å². The maximum atomic E-state index is 12.0. The lowest BCUT2D eigenvalue weighted by Crippen LogP contribution is -2.44. The number of carboxylic acid groups (broad SMARTS) is 1. The third kappa shape index (κ3) is 6.08. The van der Waals surface area contributed by atoms with Gasteiger partial charge < -0.3 is 15.3 Å². The zero-order chi connectivity index (χ0) is 15.1. The molecule has 5 heteroatoms. The summed E-state index contributed by atoms with van der Waals surface area (Å²) in [5, 5.41) is 11.8. The number of rotatable bonds is 6. The molecule has 0 aromatic carbocycles. The summed E-state index contributed by atoms with van der Waals surface area (Å²) in [7, 11) is 0. The summed E-state index contributed by atoms with van der Waals surface area (Å²) >= 11 is 0. The Labute approximate surface area is 121 Å². The first-order valence-electron chi connectivity index (χ1n) is 7.28. The van der Waals surface area contributed by atoms with Gasteiger partial charge in [-0.1, -0.05) is 25.5 Å². The van der Waals surface area contributed by atoms with E-state index in [1.54, 1.807) is 4.90 Å². The number of nitrogens with zero attached hydrogens (tertiary/aromatic N) is 1. The molecule has 0 radical (unpaired) electrons. The van der Waals surface area contributed by atoms with E-state index in [-0.39, 0.29) is 18.4 Å². The van der Waals surface area contributed by atoms with Gasteiger partial charge in [0, 0.05) is 26.1 Å². The van der Waals surface area contributed by atoms with Gasteiger partial charge in [-0.25, -0.2) is 4.79 Å². The third-order valence-corrected chi connectivity index (χ3v) is 3.53. The number of hydrogen-bond acceptors (Lipinski definition) is 2. The van der Waals surface area contributed by atoms with Crippen molar-refractivity contribution < 1.29 is 14.7 Å². The molecule has 0 aromatic rings. The van der Waals surface area contributed by atoms with Crippen LogP contribution in [0.25, 0.3) is 0 Å². The number of carbonyl (C=O) groups is 2. The molecule has 5 nitrogen and oxygen atoms in total. The van der Waals surface area contributed by atoms with Gasteiger partial charge in [0.2, 0.25) is 0 Å².